The number of carbonyl (C=O) groups is 1. The first-order valence-electron chi connectivity index (χ1n) is 10.4. The molecule has 0 aliphatic rings. The van der Waals surface area contributed by atoms with Gasteiger partial charge in [0.05, 0.1) is 19.8 Å². The van der Waals surface area contributed by atoms with Gasteiger partial charge in [-0.15, -0.1) is 0 Å². The smallest absolute Gasteiger partial charge is 0.305 e. The molecular formula is C23H38O4. The molecule has 0 aromatic rings. The van der Waals surface area contributed by atoms with Crippen molar-refractivity contribution in [2.24, 2.45) is 0 Å². The lowest BCUT2D eigenvalue weighted by Gasteiger charge is -2.10. The van der Waals surface area contributed by atoms with Crippen LogP contribution in [0.1, 0.15) is 78.6 Å². The van der Waals surface area contributed by atoms with Gasteiger partial charge in [0.2, 0.25) is 6.29 Å². The number of hydrogen-bond donors (Lipinski definition) is 0. The average molecular weight is 379 g/mol. The van der Waals surface area contributed by atoms with E-state index < -0.39 is 6.29 Å². The molecule has 4 heteroatoms. The molecule has 0 radical (unpaired) electrons. The van der Waals surface area contributed by atoms with Gasteiger partial charge < -0.3 is 14.2 Å². The van der Waals surface area contributed by atoms with E-state index in [0.717, 1.165) is 51.4 Å². The highest BCUT2D eigenvalue weighted by Crippen LogP contribution is 2.04. The summed E-state index contributed by atoms with van der Waals surface area (Å²) in [4.78, 5) is 11.3. The standard InChI is InChI=1S/C23H38O4/c1-4-7-9-16-20-26-23(27-21-17-10-8-5-2)19-15-13-11-12-14-18-22(24)25-6-3/h9-10,16-17,23H,4-8,11-14,18,20-21H2,1-3H3/b16-9+,17-10+. The van der Waals surface area contributed by atoms with Gasteiger partial charge in [0.25, 0.3) is 0 Å². The molecule has 0 spiro atoms. The fourth-order valence-electron chi connectivity index (χ4n) is 2.17. The Morgan fingerprint density at radius 2 is 1.52 bits per heavy atom. The topological polar surface area (TPSA) is 44.8 Å². The van der Waals surface area contributed by atoms with Crippen molar-refractivity contribution in [3.05, 3.63) is 24.3 Å². The summed E-state index contributed by atoms with van der Waals surface area (Å²) in [6.45, 7) is 7.60. The van der Waals surface area contributed by atoms with E-state index in [1.54, 1.807) is 0 Å². The van der Waals surface area contributed by atoms with Crippen LogP contribution < -0.4 is 0 Å². The van der Waals surface area contributed by atoms with Crippen molar-refractivity contribution in [3.63, 3.8) is 0 Å². The van der Waals surface area contributed by atoms with E-state index >= 15 is 0 Å². The van der Waals surface area contributed by atoms with Gasteiger partial charge in [-0.2, -0.15) is 0 Å². The first-order valence-corrected chi connectivity index (χ1v) is 10.4. The highest BCUT2D eigenvalue weighted by molar-refractivity contribution is 5.69. The Morgan fingerprint density at radius 3 is 2.07 bits per heavy atom. The van der Waals surface area contributed by atoms with E-state index in [2.05, 4.69) is 37.8 Å². The molecule has 0 unspecified atom stereocenters. The van der Waals surface area contributed by atoms with E-state index in [9.17, 15) is 4.79 Å². The van der Waals surface area contributed by atoms with E-state index in [1.807, 2.05) is 19.1 Å². The van der Waals surface area contributed by atoms with E-state index in [-0.39, 0.29) is 5.97 Å². The van der Waals surface area contributed by atoms with Crippen molar-refractivity contribution >= 4 is 5.97 Å². The quantitative estimate of drug-likeness (QED) is 0.116. The second-order valence-corrected chi connectivity index (χ2v) is 6.21. The number of unbranched alkanes of at least 4 members (excludes halogenated alkanes) is 5. The molecule has 0 aromatic carbocycles. The van der Waals surface area contributed by atoms with Gasteiger partial charge in [-0.05, 0) is 38.5 Å². The molecule has 0 aromatic heterocycles. The molecule has 0 fully saturated rings. The maximum absolute atomic E-state index is 11.3. The molecular weight excluding hydrogens is 340 g/mol. The lowest BCUT2D eigenvalue weighted by Crippen LogP contribution is -2.15. The third-order valence-electron chi connectivity index (χ3n) is 3.64. The number of esters is 1. The zero-order valence-electron chi connectivity index (χ0n) is 17.5. The average Bonchev–Trinajstić information content (AvgIpc) is 2.66. The van der Waals surface area contributed by atoms with Gasteiger partial charge in [-0.25, -0.2) is 0 Å². The summed E-state index contributed by atoms with van der Waals surface area (Å²) in [5, 5.41) is 0. The van der Waals surface area contributed by atoms with Gasteiger partial charge in [0, 0.05) is 12.8 Å². The maximum Gasteiger partial charge on any atom is 0.305 e. The van der Waals surface area contributed by atoms with Crippen molar-refractivity contribution in [1.82, 2.24) is 0 Å². The lowest BCUT2D eigenvalue weighted by atomic mass is 10.1. The van der Waals surface area contributed by atoms with Crippen LogP contribution in [0.4, 0.5) is 0 Å². The fourth-order valence-corrected chi connectivity index (χ4v) is 2.17. The number of hydrogen-bond acceptors (Lipinski definition) is 4. The molecule has 27 heavy (non-hydrogen) atoms. The minimum absolute atomic E-state index is 0.113. The second kappa shape index (κ2) is 20.7. The Kier molecular flexibility index (Phi) is 19.5. The number of allylic oxidation sites excluding steroid dienone is 2. The predicted octanol–water partition coefficient (Wildman–Crippen LogP) is 5.58. The third-order valence-corrected chi connectivity index (χ3v) is 3.64. The van der Waals surface area contributed by atoms with Crippen LogP contribution in [0.3, 0.4) is 0 Å². The molecule has 0 saturated carbocycles. The van der Waals surface area contributed by atoms with Crippen LogP contribution in [0.2, 0.25) is 0 Å². The minimum atomic E-state index is -0.498. The number of carbonyl (C=O) groups excluding carboxylic acids is 1. The molecule has 0 aliphatic heterocycles. The Hall–Kier alpha value is -1.57. The van der Waals surface area contributed by atoms with Crippen LogP contribution >= 0.6 is 0 Å². The zero-order chi connectivity index (χ0) is 20.0. The van der Waals surface area contributed by atoms with E-state index in [0.29, 0.717) is 26.2 Å². The molecule has 0 aliphatic carbocycles. The van der Waals surface area contributed by atoms with Crippen molar-refractivity contribution in [2.45, 2.75) is 84.8 Å². The van der Waals surface area contributed by atoms with Crippen LogP contribution in [-0.2, 0) is 19.0 Å². The predicted molar refractivity (Wildman–Crippen MR) is 111 cm³/mol. The van der Waals surface area contributed by atoms with Crippen molar-refractivity contribution in [3.8, 4) is 11.8 Å². The normalized spacial score (nSPS) is 11.3. The third kappa shape index (κ3) is 19.0. The van der Waals surface area contributed by atoms with Gasteiger partial charge >= 0.3 is 5.97 Å². The molecule has 0 amide bonds. The summed E-state index contributed by atoms with van der Waals surface area (Å²) < 4.78 is 16.3. The van der Waals surface area contributed by atoms with Crippen LogP contribution in [0.15, 0.2) is 24.3 Å². The molecule has 154 valence electrons. The number of ether oxygens (including phenoxy) is 3. The lowest BCUT2D eigenvalue weighted by molar-refractivity contribution is -0.143. The Morgan fingerprint density at radius 1 is 0.889 bits per heavy atom. The van der Waals surface area contributed by atoms with Crippen LogP contribution in [0.5, 0.6) is 0 Å². The monoisotopic (exact) mass is 378 g/mol. The molecule has 0 heterocycles. The first kappa shape index (κ1) is 25.4. The van der Waals surface area contributed by atoms with Crippen molar-refractivity contribution in [1.29, 1.82) is 0 Å². The fraction of sp³-hybridized carbons (Fsp3) is 0.696. The Labute approximate surface area is 166 Å². The highest BCUT2D eigenvalue weighted by atomic mass is 16.7. The molecule has 0 saturated heterocycles. The van der Waals surface area contributed by atoms with Gasteiger partial charge in [-0.1, -0.05) is 63.3 Å². The Bertz CT molecular complexity index is 437. The molecule has 4 nitrogen and oxygen atoms in total. The Balaban J connectivity index is 4.12. The zero-order valence-corrected chi connectivity index (χ0v) is 17.5. The van der Waals surface area contributed by atoms with E-state index in [4.69, 9.17) is 14.2 Å². The highest BCUT2D eigenvalue weighted by Gasteiger charge is 2.03. The number of rotatable bonds is 16. The van der Waals surface area contributed by atoms with Gasteiger partial charge in [0.1, 0.15) is 0 Å². The largest absolute Gasteiger partial charge is 0.466 e. The minimum Gasteiger partial charge on any atom is -0.466 e. The SMILES string of the molecule is CCC/C=C/COC(C#CCCCCCC(=O)OCC)OC/C=C/CCC. The summed E-state index contributed by atoms with van der Waals surface area (Å²) in [5.41, 5.74) is 0. The van der Waals surface area contributed by atoms with Crippen molar-refractivity contribution in [2.75, 3.05) is 19.8 Å². The van der Waals surface area contributed by atoms with Crippen LogP contribution in [0, 0.1) is 11.8 Å². The molecule has 0 rings (SSSR count). The van der Waals surface area contributed by atoms with Gasteiger partial charge in [-0.3, -0.25) is 4.79 Å². The molecule has 0 N–H and O–H groups in total. The molecule has 0 bridgehead atoms. The van der Waals surface area contributed by atoms with Crippen molar-refractivity contribution < 1.29 is 19.0 Å². The maximum atomic E-state index is 11.3. The summed E-state index contributed by atoms with van der Waals surface area (Å²) in [7, 11) is 0. The molecule has 0 atom stereocenters. The summed E-state index contributed by atoms with van der Waals surface area (Å²) in [6, 6.07) is 0. The second-order valence-electron chi connectivity index (χ2n) is 6.21. The summed E-state index contributed by atoms with van der Waals surface area (Å²) in [6.07, 6.45) is 16.2. The van der Waals surface area contributed by atoms with Gasteiger partial charge in [0.15, 0.2) is 0 Å². The first-order chi connectivity index (χ1) is 13.2. The summed E-state index contributed by atoms with van der Waals surface area (Å²) in [5.74, 6) is 6.09. The van der Waals surface area contributed by atoms with E-state index in [1.165, 1.54) is 0 Å². The van der Waals surface area contributed by atoms with Crippen LogP contribution in [0.25, 0.3) is 0 Å². The summed E-state index contributed by atoms with van der Waals surface area (Å²) >= 11 is 0. The van der Waals surface area contributed by atoms with Crippen LogP contribution in [-0.4, -0.2) is 32.1 Å².